The molecule has 0 unspecified atom stereocenters. The average molecular weight is 732 g/mol. The van der Waals surface area contributed by atoms with Crippen LogP contribution in [-0.2, 0) is 20.1 Å². The number of nitrogens with zero attached hydrogens (tertiary/aromatic N) is 3. The van der Waals surface area contributed by atoms with Crippen molar-refractivity contribution in [2.45, 2.75) is 13.8 Å². The van der Waals surface area contributed by atoms with Crippen LogP contribution in [-0.4, -0.2) is 15.0 Å². The number of benzene rings is 3. The van der Waals surface area contributed by atoms with Gasteiger partial charge in [0, 0.05) is 43.3 Å². The zero-order valence-corrected chi connectivity index (χ0v) is 25.0. The van der Waals surface area contributed by atoms with Crippen LogP contribution in [0.5, 0.6) is 0 Å². The van der Waals surface area contributed by atoms with Gasteiger partial charge in [0.1, 0.15) is 5.82 Å². The van der Waals surface area contributed by atoms with E-state index < -0.39 is 11.8 Å². The molecule has 7 heteroatoms. The van der Waals surface area contributed by atoms with Gasteiger partial charge in [-0.05, 0) is 60.6 Å². The van der Waals surface area contributed by atoms with Crippen LogP contribution in [0, 0.1) is 37.7 Å². The molecule has 0 N–H and O–H groups in total. The first-order valence-electron chi connectivity index (χ1n) is 13.0. The number of hydrogen-bond donors (Lipinski definition) is 0. The van der Waals surface area contributed by atoms with Crippen LogP contribution >= 0.6 is 0 Å². The maximum atomic E-state index is 13.7. The molecule has 4 aromatic heterocycles. The summed E-state index contributed by atoms with van der Waals surface area (Å²) < 4.78 is 33.4. The number of rotatable bonds is 3. The molecule has 3 aromatic carbocycles. The molecule has 7 rings (SSSR count). The normalized spacial score (nSPS) is 10.7. The van der Waals surface area contributed by atoms with Gasteiger partial charge >= 0.3 is 0 Å². The van der Waals surface area contributed by atoms with Gasteiger partial charge in [-0.25, -0.2) is 9.37 Å². The van der Waals surface area contributed by atoms with Crippen LogP contribution in [0.3, 0.4) is 0 Å². The molecule has 0 fully saturated rings. The third kappa shape index (κ3) is 5.89. The summed E-state index contributed by atoms with van der Waals surface area (Å²) in [5.74, 6) is -1.60. The number of furan rings is 1. The third-order valence-corrected chi connectivity index (χ3v) is 6.70. The number of fused-ring (bicyclic) bond motifs is 3. The van der Waals surface area contributed by atoms with Crippen molar-refractivity contribution in [3.05, 3.63) is 138 Å². The molecule has 7 aromatic rings. The molecule has 1 radical (unpaired) electrons. The zero-order valence-electron chi connectivity index (χ0n) is 22.7. The van der Waals surface area contributed by atoms with Gasteiger partial charge in [-0.3, -0.25) is 4.98 Å². The minimum atomic E-state index is -0.892. The Kier molecular flexibility index (Phi) is 8.62. The molecule has 4 nitrogen and oxygen atoms in total. The molecule has 0 saturated heterocycles. The van der Waals surface area contributed by atoms with E-state index in [0.717, 1.165) is 56.5 Å². The summed E-state index contributed by atoms with van der Waals surface area (Å²) in [6.07, 6.45) is 1.79. The van der Waals surface area contributed by atoms with E-state index >= 15 is 0 Å². The second-order valence-electron chi connectivity index (χ2n) is 9.50. The van der Waals surface area contributed by atoms with Crippen molar-refractivity contribution in [1.29, 1.82) is 0 Å². The molecular formula is C35H23F2IrN3O-2. The maximum Gasteiger partial charge on any atom is 0.216 e. The van der Waals surface area contributed by atoms with Crippen molar-refractivity contribution in [1.82, 2.24) is 15.0 Å². The molecule has 0 bridgehead atoms. The van der Waals surface area contributed by atoms with Crippen LogP contribution in [0.4, 0.5) is 8.78 Å². The van der Waals surface area contributed by atoms with Crippen LogP contribution in [0.1, 0.15) is 11.1 Å². The van der Waals surface area contributed by atoms with Crippen molar-refractivity contribution < 1.29 is 33.3 Å². The Morgan fingerprint density at radius 2 is 1.50 bits per heavy atom. The molecule has 209 valence electrons. The smallest absolute Gasteiger partial charge is 0.216 e. The van der Waals surface area contributed by atoms with E-state index in [0.29, 0.717) is 16.9 Å². The van der Waals surface area contributed by atoms with Gasteiger partial charge in [0.05, 0.1) is 11.3 Å². The number of hydrogen-bond acceptors (Lipinski definition) is 4. The molecule has 0 atom stereocenters. The number of halogens is 2. The molecule has 42 heavy (non-hydrogen) atoms. The fourth-order valence-electron chi connectivity index (χ4n) is 4.84. The predicted octanol–water partition coefficient (Wildman–Crippen LogP) is 8.95. The minimum absolute atomic E-state index is 0. The van der Waals surface area contributed by atoms with E-state index in [9.17, 15) is 8.78 Å². The predicted molar refractivity (Wildman–Crippen MR) is 157 cm³/mol. The van der Waals surface area contributed by atoms with Crippen LogP contribution in [0.15, 0.2) is 108 Å². The number of pyridine rings is 3. The summed E-state index contributed by atoms with van der Waals surface area (Å²) in [5, 5.41) is 1.61. The Labute approximate surface area is 255 Å². The summed E-state index contributed by atoms with van der Waals surface area (Å²) in [5.41, 5.74) is 7.57. The van der Waals surface area contributed by atoms with Gasteiger partial charge in [-0.15, -0.1) is 54.1 Å². The third-order valence-electron chi connectivity index (χ3n) is 6.70. The summed E-state index contributed by atoms with van der Waals surface area (Å²) in [6, 6.07) is 35.3. The second kappa shape index (κ2) is 12.5. The molecule has 0 saturated carbocycles. The van der Waals surface area contributed by atoms with E-state index in [1.54, 1.807) is 12.3 Å². The first-order valence-corrected chi connectivity index (χ1v) is 13.0. The average Bonchev–Trinajstić information content (AvgIpc) is 3.36. The van der Waals surface area contributed by atoms with Gasteiger partial charge in [0.15, 0.2) is 0 Å². The Morgan fingerprint density at radius 3 is 2.21 bits per heavy atom. The summed E-state index contributed by atoms with van der Waals surface area (Å²) >= 11 is 0. The topological polar surface area (TPSA) is 51.8 Å². The van der Waals surface area contributed by atoms with Crippen LogP contribution in [0.2, 0.25) is 0 Å². The zero-order chi connectivity index (χ0) is 28.3. The Balaban J connectivity index is 0.000000228. The van der Waals surface area contributed by atoms with Crippen molar-refractivity contribution >= 4 is 22.1 Å². The molecule has 4 heterocycles. The molecule has 0 aliphatic carbocycles. The first-order chi connectivity index (χ1) is 20.0. The summed E-state index contributed by atoms with van der Waals surface area (Å²) in [4.78, 5) is 12.7. The van der Waals surface area contributed by atoms with E-state index in [4.69, 9.17) is 9.40 Å². The quantitative estimate of drug-likeness (QED) is 0.135. The summed E-state index contributed by atoms with van der Waals surface area (Å²) in [7, 11) is 0. The Morgan fingerprint density at radius 1 is 0.690 bits per heavy atom. The van der Waals surface area contributed by atoms with Crippen molar-refractivity contribution in [3.63, 3.8) is 0 Å². The van der Waals surface area contributed by atoms with E-state index in [2.05, 4.69) is 22.1 Å². The van der Waals surface area contributed by atoms with Gasteiger partial charge in [-0.1, -0.05) is 41.3 Å². The molecular weight excluding hydrogens is 709 g/mol. The monoisotopic (exact) mass is 732 g/mol. The van der Waals surface area contributed by atoms with Crippen molar-refractivity contribution in [2.24, 2.45) is 0 Å². The standard InChI is InChI=1S/C24H15F2N2O.C11H8N.Ir/c1-13-5-3-6-14(2)22(13)19-10-9-17-16-7-4-8-18(23(16)29-24(17)28-19)20-11-15(25)12-21(26)27-20;1-2-6-10(7-3-1)11-8-4-5-9-12-11;/h3-7,9-12H,1-2H3;1-6,8-9H;/q2*-1;. The van der Waals surface area contributed by atoms with Gasteiger partial charge in [-0.2, -0.15) is 4.39 Å². The van der Waals surface area contributed by atoms with Crippen LogP contribution < -0.4 is 0 Å². The van der Waals surface area contributed by atoms with Crippen LogP contribution in [0.25, 0.3) is 55.8 Å². The van der Waals surface area contributed by atoms with Crippen molar-refractivity contribution in [3.8, 4) is 33.8 Å². The van der Waals surface area contributed by atoms with E-state index in [1.165, 1.54) is 0 Å². The van der Waals surface area contributed by atoms with E-state index in [-0.39, 0.29) is 25.8 Å². The summed E-state index contributed by atoms with van der Waals surface area (Å²) in [6.45, 7) is 4.09. The van der Waals surface area contributed by atoms with Gasteiger partial charge in [0.25, 0.3) is 0 Å². The number of aryl methyl sites for hydroxylation is 2. The Bertz CT molecular complexity index is 1920. The minimum Gasteiger partial charge on any atom is -0.486 e. The maximum absolute atomic E-state index is 13.7. The number of aromatic nitrogens is 3. The second-order valence-corrected chi connectivity index (χ2v) is 9.50. The molecule has 0 aliphatic heterocycles. The Hall–Kier alpha value is -4.58. The molecule has 0 aliphatic rings. The largest absolute Gasteiger partial charge is 0.486 e. The first kappa shape index (κ1) is 28.9. The van der Waals surface area contributed by atoms with Gasteiger partial charge in [0.2, 0.25) is 11.7 Å². The van der Waals surface area contributed by atoms with Gasteiger partial charge < -0.3 is 9.40 Å². The SMILES string of the molecule is Cc1cccc(C)c1-c1ccc2c(n1)oc1c(-c3cc(F)cc(F)n3)[c-]ccc12.[Ir].[c-]1ccccc1-c1ccccn1. The van der Waals surface area contributed by atoms with E-state index in [1.807, 2.05) is 92.7 Å². The fraction of sp³-hybridized carbons (Fsp3) is 0.0571. The van der Waals surface area contributed by atoms with Crippen molar-refractivity contribution in [2.75, 3.05) is 0 Å². The fourth-order valence-corrected chi connectivity index (χ4v) is 4.84. The molecule has 0 amide bonds. The molecule has 0 spiro atoms.